The van der Waals surface area contributed by atoms with Crippen molar-refractivity contribution in [1.82, 2.24) is 9.97 Å². The number of nitrogens with zero attached hydrogens (tertiary/aromatic N) is 2. The lowest BCUT2D eigenvalue weighted by Gasteiger charge is -2.08. The molecule has 0 bridgehead atoms. The van der Waals surface area contributed by atoms with Crippen molar-refractivity contribution < 1.29 is 9.53 Å². The number of anilines is 1. The third-order valence-electron chi connectivity index (χ3n) is 3.78. The van der Waals surface area contributed by atoms with Gasteiger partial charge in [0, 0.05) is 29.2 Å². The van der Waals surface area contributed by atoms with Gasteiger partial charge in [-0.25, -0.2) is 9.97 Å². The Morgan fingerprint density at radius 1 is 0.963 bits per heavy atom. The summed E-state index contributed by atoms with van der Waals surface area (Å²) in [7, 11) is 0. The maximum Gasteiger partial charge on any atom is 0.322 e. The highest BCUT2D eigenvalue weighted by molar-refractivity contribution is 6.02. The molecule has 0 unspecified atom stereocenters. The van der Waals surface area contributed by atoms with Crippen molar-refractivity contribution in [3.05, 3.63) is 83.2 Å². The van der Waals surface area contributed by atoms with Crippen molar-refractivity contribution in [2.24, 2.45) is 0 Å². The van der Waals surface area contributed by atoms with Crippen LogP contribution in [0.2, 0.25) is 0 Å². The molecule has 0 atom stereocenters. The van der Waals surface area contributed by atoms with Gasteiger partial charge >= 0.3 is 6.01 Å². The third kappa shape index (κ3) is 5.51. The van der Waals surface area contributed by atoms with E-state index in [9.17, 15) is 4.79 Å². The van der Waals surface area contributed by atoms with E-state index < -0.39 is 0 Å². The van der Waals surface area contributed by atoms with Crippen LogP contribution in [0.5, 0.6) is 11.8 Å². The number of carbonyl (C=O) groups excluding carboxylic acids is 1. The molecule has 5 heteroatoms. The van der Waals surface area contributed by atoms with Gasteiger partial charge in [-0.15, -0.1) is 0 Å². The summed E-state index contributed by atoms with van der Waals surface area (Å²) in [5.41, 5.74) is 4.46. The second kappa shape index (κ2) is 8.27. The first-order valence-corrected chi connectivity index (χ1v) is 8.64. The Morgan fingerprint density at radius 3 is 2.37 bits per heavy atom. The summed E-state index contributed by atoms with van der Waals surface area (Å²) in [6.07, 6.45) is 3.28. The zero-order chi connectivity index (χ0) is 19.2. The first-order valence-electron chi connectivity index (χ1n) is 8.64. The molecule has 0 spiro atoms. The predicted molar refractivity (Wildman–Crippen MR) is 107 cm³/mol. The number of aryl methyl sites for hydroxylation is 3. The summed E-state index contributed by atoms with van der Waals surface area (Å²) in [4.78, 5) is 20.7. The molecule has 3 aromatic rings. The minimum absolute atomic E-state index is 0.213. The average molecular weight is 359 g/mol. The third-order valence-corrected chi connectivity index (χ3v) is 3.78. The summed E-state index contributed by atoms with van der Waals surface area (Å²) in [6.45, 7) is 5.80. The van der Waals surface area contributed by atoms with E-state index in [0.29, 0.717) is 11.4 Å². The normalized spacial score (nSPS) is 10.8. The van der Waals surface area contributed by atoms with Crippen molar-refractivity contribution in [2.75, 3.05) is 5.32 Å². The number of rotatable bonds is 5. The largest absolute Gasteiger partial charge is 0.424 e. The molecule has 0 saturated carbocycles. The van der Waals surface area contributed by atoms with Gasteiger partial charge in [-0.2, -0.15) is 0 Å². The van der Waals surface area contributed by atoms with Crippen molar-refractivity contribution in [2.45, 2.75) is 20.8 Å². The first kappa shape index (κ1) is 18.3. The first-order chi connectivity index (χ1) is 13.0. The van der Waals surface area contributed by atoms with E-state index in [0.717, 1.165) is 17.0 Å². The van der Waals surface area contributed by atoms with Crippen molar-refractivity contribution in [3.63, 3.8) is 0 Å². The Kier molecular flexibility index (Phi) is 5.61. The summed E-state index contributed by atoms with van der Waals surface area (Å²) in [5.74, 6) is 0.343. The van der Waals surface area contributed by atoms with E-state index in [4.69, 9.17) is 4.74 Å². The number of carbonyl (C=O) groups is 1. The Morgan fingerprint density at radius 2 is 1.67 bits per heavy atom. The maximum absolute atomic E-state index is 12.1. The number of amides is 1. The molecule has 3 rings (SSSR count). The van der Waals surface area contributed by atoms with Crippen LogP contribution in [0.25, 0.3) is 6.08 Å². The Hall–Kier alpha value is -3.47. The minimum Gasteiger partial charge on any atom is -0.424 e. The van der Waals surface area contributed by atoms with Crippen LogP contribution in [0.4, 0.5) is 5.69 Å². The van der Waals surface area contributed by atoms with Crippen LogP contribution in [0.15, 0.2) is 60.7 Å². The highest BCUT2D eigenvalue weighted by Gasteiger charge is 2.05. The molecule has 5 nitrogen and oxygen atoms in total. The van der Waals surface area contributed by atoms with Gasteiger partial charge in [-0.05, 0) is 50.6 Å². The molecule has 0 aliphatic carbocycles. The highest BCUT2D eigenvalue weighted by atomic mass is 16.5. The fraction of sp³-hybridized carbons (Fsp3) is 0.136. The van der Waals surface area contributed by atoms with Crippen LogP contribution in [-0.2, 0) is 4.79 Å². The van der Waals surface area contributed by atoms with E-state index in [2.05, 4.69) is 15.3 Å². The van der Waals surface area contributed by atoms with E-state index in [1.165, 1.54) is 11.6 Å². The van der Waals surface area contributed by atoms with Gasteiger partial charge < -0.3 is 10.1 Å². The van der Waals surface area contributed by atoms with Gasteiger partial charge in [0.15, 0.2) is 0 Å². The molecule has 1 amide bonds. The zero-order valence-corrected chi connectivity index (χ0v) is 15.6. The second-order valence-electron chi connectivity index (χ2n) is 6.30. The predicted octanol–water partition coefficient (Wildman–Crippen LogP) is 4.85. The van der Waals surface area contributed by atoms with Gasteiger partial charge in [0.05, 0.1) is 0 Å². The van der Waals surface area contributed by atoms with Crippen LogP contribution in [0.3, 0.4) is 0 Å². The second-order valence-corrected chi connectivity index (χ2v) is 6.30. The molecule has 136 valence electrons. The molecule has 1 aromatic heterocycles. The van der Waals surface area contributed by atoms with Crippen LogP contribution in [0, 0.1) is 20.8 Å². The van der Waals surface area contributed by atoms with E-state index in [1.807, 2.05) is 51.1 Å². The quantitative estimate of drug-likeness (QED) is 0.662. The fourth-order valence-corrected chi connectivity index (χ4v) is 2.52. The van der Waals surface area contributed by atoms with Crippen LogP contribution < -0.4 is 10.1 Å². The number of hydrogen-bond acceptors (Lipinski definition) is 4. The fourth-order valence-electron chi connectivity index (χ4n) is 2.52. The number of hydrogen-bond donors (Lipinski definition) is 1. The van der Waals surface area contributed by atoms with E-state index >= 15 is 0 Å². The number of aromatic nitrogens is 2. The van der Waals surface area contributed by atoms with E-state index in [1.54, 1.807) is 30.3 Å². The van der Waals surface area contributed by atoms with Crippen molar-refractivity contribution in [1.29, 1.82) is 0 Å². The molecule has 2 aromatic carbocycles. The van der Waals surface area contributed by atoms with Gasteiger partial charge in [0.2, 0.25) is 5.91 Å². The molecular formula is C22H21N3O2. The topological polar surface area (TPSA) is 64.1 Å². The van der Waals surface area contributed by atoms with E-state index in [-0.39, 0.29) is 11.9 Å². The van der Waals surface area contributed by atoms with Gasteiger partial charge in [0.1, 0.15) is 5.75 Å². The molecular weight excluding hydrogens is 338 g/mol. The molecule has 0 aliphatic heterocycles. The summed E-state index contributed by atoms with van der Waals surface area (Å²) < 4.78 is 5.71. The number of ether oxygens (including phenoxy) is 1. The molecule has 1 N–H and O–H groups in total. The minimum atomic E-state index is -0.213. The maximum atomic E-state index is 12.1. The summed E-state index contributed by atoms with van der Waals surface area (Å²) >= 11 is 0. The molecule has 0 saturated heterocycles. The molecule has 0 fully saturated rings. The van der Waals surface area contributed by atoms with Crippen LogP contribution >= 0.6 is 0 Å². The zero-order valence-electron chi connectivity index (χ0n) is 15.6. The standard InChI is InChI=1S/C22H21N3O2/c1-15-7-9-18(10-8-15)11-12-21(26)25-19-5-4-6-20(14-19)27-22-23-16(2)13-17(3)24-22/h4-14H,1-3H3,(H,25,26)/b12-11+. The molecule has 0 aliphatic rings. The number of benzene rings is 2. The SMILES string of the molecule is Cc1ccc(/C=C/C(=O)Nc2cccc(Oc3nc(C)cc(C)n3)c2)cc1. The lowest BCUT2D eigenvalue weighted by Crippen LogP contribution is -2.07. The Balaban J connectivity index is 1.66. The smallest absolute Gasteiger partial charge is 0.322 e. The van der Waals surface area contributed by atoms with Gasteiger partial charge in [-0.3, -0.25) is 4.79 Å². The van der Waals surface area contributed by atoms with Gasteiger partial charge in [-0.1, -0.05) is 35.9 Å². The van der Waals surface area contributed by atoms with Crippen molar-refractivity contribution >= 4 is 17.7 Å². The number of nitrogens with one attached hydrogen (secondary N) is 1. The Bertz CT molecular complexity index is 959. The molecule has 0 radical (unpaired) electrons. The monoisotopic (exact) mass is 359 g/mol. The lowest BCUT2D eigenvalue weighted by molar-refractivity contribution is -0.111. The highest BCUT2D eigenvalue weighted by Crippen LogP contribution is 2.22. The average Bonchev–Trinajstić information content (AvgIpc) is 2.61. The van der Waals surface area contributed by atoms with Crippen molar-refractivity contribution in [3.8, 4) is 11.8 Å². The summed E-state index contributed by atoms with van der Waals surface area (Å²) in [6, 6.07) is 17.2. The Labute approximate surface area is 158 Å². The van der Waals surface area contributed by atoms with Gasteiger partial charge in [0.25, 0.3) is 0 Å². The van der Waals surface area contributed by atoms with Crippen LogP contribution in [0.1, 0.15) is 22.5 Å². The van der Waals surface area contributed by atoms with Crippen LogP contribution in [-0.4, -0.2) is 15.9 Å². The molecule has 1 heterocycles. The lowest BCUT2D eigenvalue weighted by atomic mass is 10.1. The molecule has 27 heavy (non-hydrogen) atoms. The summed E-state index contributed by atoms with van der Waals surface area (Å²) in [5, 5.41) is 2.83.